The Morgan fingerprint density at radius 3 is 2.60 bits per heavy atom. The van der Waals surface area contributed by atoms with Gasteiger partial charge in [0.05, 0.1) is 6.42 Å². The maximum absolute atomic E-state index is 11.6. The number of hydrogen-bond donors (Lipinski definition) is 0. The van der Waals surface area contributed by atoms with Crippen molar-refractivity contribution in [3.63, 3.8) is 0 Å². The molecule has 15 heavy (non-hydrogen) atoms. The summed E-state index contributed by atoms with van der Waals surface area (Å²) < 4.78 is 1.17. The molecule has 0 spiro atoms. The average molecular weight is 317 g/mol. The number of likely N-dealkylation sites (N-methyl/N-ethyl adjacent to an activating group) is 1. The molecule has 0 fully saturated rings. The SMILES string of the molecule is CCc1ccc(I)c(CC(=O)N(C)C)c1. The first-order valence-corrected chi connectivity index (χ1v) is 6.10. The van der Waals surface area contributed by atoms with E-state index in [1.807, 2.05) is 0 Å². The largest absolute Gasteiger partial charge is 0.349 e. The number of carbonyl (C=O) groups excluding carboxylic acids is 1. The van der Waals surface area contributed by atoms with Gasteiger partial charge in [-0.25, -0.2) is 0 Å². The summed E-state index contributed by atoms with van der Waals surface area (Å²) in [5, 5.41) is 0. The van der Waals surface area contributed by atoms with E-state index < -0.39 is 0 Å². The zero-order valence-electron chi connectivity index (χ0n) is 9.38. The van der Waals surface area contributed by atoms with Gasteiger partial charge in [0.25, 0.3) is 0 Å². The highest BCUT2D eigenvalue weighted by molar-refractivity contribution is 14.1. The van der Waals surface area contributed by atoms with Crippen molar-refractivity contribution in [2.45, 2.75) is 19.8 Å². The lowest BCUT2D eigenvalue weighted by atomic mass is 10.1. The van der Waals surface area contributed by atoms with E-state index >= 15 is 0 Å². The van der Waals surface area contributed by atoms with Crippen LogP contribution in [0.3, 0.4) is 0 Å². The molecule has 0 N–H and O–H groups in total. The maximum Gasteiger partial charge on any atom is 0.226 e. The molecule has 0 radical (unpaired) electrons. The van der Waals surface area contributed by atoms with Gasteiger partial charge >= 0.3 is 0 Å². The van der Waals surface area contributed by atoms with Crippen LogP contribution < -0.4 is 0 Å². The molecule has 0 atom stereocenters. The molecule has 0 aromatic heterocycles. The first kappa shape index (κ1) is 12.5. The maximum atomic E-state index is 11.6. The van der Waals surface area contributed by atoms with E-state index in [0.717, 1.165) is 12.0 Å². The standard InChI is InChI=1S/C12H16INO/c1-4-9-5-6-11(13)10(7-9)8-12(15)14(2)3/h5-7H,4,8H2,1-3H3. The number of amides is 1. The van der Waals surface area contributed by atoms with Crippen molar-refractivity contribution in [2.75, 3.05) is 14.1 Å². The highest BCUT2D eigenvalue weighted by Gasteiger charge is 2.08. The Labute approximate surface area is 105 Å². The van der Waals surface area contributed by atoms with Crippen molar-refractivity contribution in [3.05, 3.63) is 32.9 Å². The van der Waals surface area contributed by atoms with Gasteiger partial charge in [-0.3, -0.25) is 4.79 Å². The molecule has 0 unspecified atom stereocenters. The zero-order valence-corrected chi connectivity index (χ0v) is 11.5. The lowest BCUT2D eigenvalue weighted by Gasteiger charge is -2.11. The van der Waals surface area contributed by atoms with Crippen LogP contribution in [0.15, 0.2) is 18.2 Å². The van der Waals surface area contributed by atoms with Crippen molar-refractivity contribution >= 4 is 28.5 Å². The summed E-state index contributed by atoms with van der Waals surface area (Å²) in [6.07, 6.45) is 1.51. The molecule has 1 aromatic carbocycles. The highest BCUT2D eigenvalue weighted by atomic mass is 127. The molecule has 0 heterocycles. The highest BCUT2D eigenvalue weighted by Crippen LogP contribution is 2.16. The minimum atomic E-state index is 0.154. The summed E-state index contributed by atoms with van der Waals surface area (Å²) in [5.74, 6) is 0.154. The van der Waals surface area contributed by atoms with Gasteiger partial charge in [-0.2, -0.15) is 0 Å². The first-order valence-electron chi connectivity index (χ1n) is 5.02. The summed E-state index contributed by atoms with van der Waals surface area (Å²) in [4.78, 5) is 13.2. The van der Waals surface area contributed by atoms with Gasteiger partial charge < -0.3 is 4.90 Å². The fourth-order valence-electron chi connectivity index (χ4n) is 1.30. The molecule has 1 rings (SSSR count). The average Bonchev–Trinajstić information content (AvgIpc) is 2.21. The van der Waals surface area contributed by atoms with E-state index in [9.17, 15) is 4.79 Å². The van der Waals surface area contributed by atoms with E-state index in [1.165, 1.54) is 9.13 Å². The normalized spacial score (nSPS) is 10.1. The summed E-state index contributed by atoms with van der Waals surface area (Å²) in [6.45, 7) is 2.12. The Morgan fingerprint density at radius 2 is 2.07 bits per heavy atom. The van der Waals surface area contributed by atoms with Crippen molar-refractivity contribution in [1.29, 1.82) is 0 Å². The molecule has 0 saturated heterocycles. The molecule has 82 valence electrons. The van der Waals surface area contributed by atoms with Crippen LogP contribution in [0.25, 0.3) is 0 Å². The van der Waals surface area contributed by atoms with Gasteiger partial charge in [0, 0.05) is 17.7 Å². The monoisotopic (exact) mass is 317 g/mol. The fraction of sp³-hybridized carbons (Fsp3) is 0.417. The number of carbonyl (C=O) groups is 1. The molecular formula is C12H16INO. The smallest absolute Gasteiger partial charge is 0.226 e. The quantitative estimate of drug-likeness (QED) is 0.785. The Balaban J connectivity index is 2.88. The minimum Gasteiger partial charge on any atom is -0.349 e. The third kappa shape index (κ3) is 3.48. The molecule has 0 bridgehead atoms. The Hall–Kier alpha value is -0.580. The van der Waals surface area contributed by atoms with Gasteiger partial charge in [-0.05, 0) is 46.2 Å². The van der Waals surface area contributed by atoms with Crippen molar-refractivity contribution in [2.24, 2.45) is 0 Å². The van der Waals surface area contributed by atoms with E-state index in [4.69, 9.17) is 0 Å². The Bertz CT molecular complexity index is 361. The van der Waals surface area contributed by atoms with Gasteiger partial charge in [-0.1, -0.05) is 19.1 Å². The van der Waals surface area contributed by atoms with Crippen LogP contribution in [0.5, 0.6) is 0 Å². The van der Waals surface area contributed by atoms with Crippen LogP contribution in [0.2, 0.25) is 0 Å². The molecule has 1 aromatic rings. The number of rotatable bonds is 3. The second kappa shape index (κ2) is 5.49. The second-order valence-electron chi connectivity index (χ2n) is 3.74. The van der Waals surface area contributed by atoms with Crippen LogP contribution in [-0.2, 0) is 17.6 Å². The van der Waals surface area contributed by atoms with Crippen molar-refractivity contribution < 1.29 is 4.79 Å². The number of benzene rings is 1. The van der Waals surface area contributed by atoms with Crippen LogP contribution in [-0.4, -0.2) is 24.9 Å². The number of nitrogens with zero attached hydrogens (tertiary/aromatic N) is 1. The van der Waals surface area contributed by atoms with E-state index in [2.05, 4.69) is 47.7 Å². The van der Waals surface area contributed by atoms with Crippen LogP contribution in [0.1, 0.15) is 18.1 Å². The predicted molar refractivity (Wildman–Crippen MR) is 70.9 cm³/mol. The summed E-state index contributed by atoms with van der Waals surface area (Å²) >= 11 is 2.28. The van der Waals surface area contributed by atoms with Gasteiger partial charge in [-0.15, -0.1) is 0 Å². The van der Waals surface area contributed by atoms with Crippen molar-refractivity contribution in [3.8, 4) is 0 Å². The van der Waals surface area contributed by atoms with Gasteiger partial charge in [0.15, 0.2) is 0 Å². The van der Waals surface area contributed by atoms with Gasteiger partial charge in [0.1, 0.15) is 0 Å². The number of halogens is 1. The predicted octanol–water partition coefficient (Wildman–Crippen LogP) is 2.48. The minimum absolute atomic E-state index is 0.154. The number of aryl methyl sites for hydroxylation is 1. The molecular weight excluding hydrogens is 301 g/mol. The Kier molecular flexibility index (Phi) is 4.57. The van der Waals surface area contributed by atoms with E-state index in [1.54, 1.807) is 19.0 Å². The van der Waals surface area contributed by atoms with E-state index in [0.29, 0.717) is 6.42 Å². The molecule has 1 amide bonds. The molecule has 2 nitrogen and oxygen atoms in total. The topological polar surface area (TPSA) is 20.3 Å². The molecule has 0 aliphatic heterocycles. The Morgan fingerprint density at radius 1 is 1.40 bits per heavy atom. The third-order valence-electron chi connectivity index (χ3n) is 2.36. The van der Waals surface area contributed by atoms with Crippen LogP contribution in [0.4, 0.5) is 0 Å². The first-order chi connectivity index (χ1) is 7.04. The van der Waals surface area contributed by atoms with Crippen LogP contribution >= 0.6 is 22.6 Å². The lowest BCUT2D eigenvalue weighted by Crippen LogP contribution is -2.23. The zero-order chi connectivity index (χ0) is 11.4. The van der Waals surface area contributed by atoms with Crippen LogP contribution in [0, 0.1) is 3.57 Å². The van der Waals surface area contributed by atoms with Crippen molar-refractivity contribution in [1.82, 2.24) is 4.90 Å². The number of hydrogen-bond acceptors (Lipinski definition) is 1. The molecule has 0 aliphatic carbocycles. The fourth-order valence-corrected chi connectivity index (χ4v) is 1.83. The lowest BCUT2D eigenvalue weighted by molar-refractivity contribution is -0.127. The summed E-state index contributed by atoms with van der Waals surface area (Å²) in [6, 6.07) is 6.33. The van der Waals surface area contributed by atoms with Gasteiger partial charge in [0.2, 0.25) is 5.91 Å². The second-order valence-corrected chi connectivity index (χ2v) is 4.91. The summed E-state index contributed by atoms with van der Waals surface area (Å²) in [5.41, 5.74) is 2.42. The third-order valence-corrected chi connectivity index (χ3v) is 3.41. The van der Waals surface area contributed by atoms with E-state index in [-0.39, 0.29) is 5.91 Å². The summed E-state index contributed by atoms with van der Waals surface area (Å²) in [7, 11) is 3.58. The molecule has 0 aliphatic rings. The molecule has 3 heteroatoms. The molecule has 0 saturated carbocycles.